The molecule has 36 heavy (non-hydrogen) atoms. The quantitative estimate of drug-likeness (QED) is 0.439. The molecule has 0 spiro atoms. The van der Waals surface area contributed by atoms with Crippen LogP contribution in [0.2, 0.25) is 0 Å². The van der Waals surface area contributed by atoms with Crippen molar-refractivity contribution in [3.63, 3.8) is 0 Å². The summed E-state index contributed by atoms with van der Waals surface area (Å²) < 4.78 is 0. The van der Waals surface area contributed by atoms with Gasteiger partial charge >= 0.3 is 0 Å². The fourth-order valence-corrected chi connectivity index (χ4v) is 9.37. The summed E-state index contributed by atoms with van der Waals surface area (Å²) in [4.78, 5) is 0. The van der Waals surface area contributed by atoms with Crippen molar-refractivity contribution in [3.05, 3.63) is 64.8 Å². The van der Waals surface area contributed by atoms with E-state index in [2.05, 4.69) is 91.0 Å². The molecule has 0 aliphatic heterocycles. The minimum atomic E-state index is -0.151. The molecule has 0 radical (unpaired) electrons. The third kappa shape index (κ3) is 4.00. The van der Waals surface area contributed by atoms with Crippen LogP contribution in [0, 0.1) is 39.9 Å². The van der Waals surface area contributed by atoms with Gasteiger partial charge in [-0.1, -0.05) is 96.5 Å². The van der Waals surface area contributed by atoms with Crippen molar-refractivity contribution < 1.29 is 5.11 Å². The number of benzene rings is 1. The highest BCUT2D eigenvalue weighted by atomic mass is 16.3. The van der Waals surface area contributed by atoms with Gasteiger partial charge in [0.2, 0.25) is 0 Å². The maximum atomic E-state index is 10.8. The number of hydrogen-bond acceptors (Lipinski definition) is 1. The highest BCUT2D eigenvalue weighted by molar-refractivity contribution is 5.66. The fraction of sp³-hybridized carbons (Fsp3) is 0.657. The van der Waals surface area contributed by atoms with Crippen LogP contribution in [-0.2, 0) is 0 Å². The van der Waals surface area contributed by atoms with Crippen molar-refractivity contribution in [1.29, 1.82) is 0 Å². The molecule has 0 amide bonds. The first-order chi connectivity index (χ1) is 17.0. The van der Waals surface area contributed by atoms with Gasteiger partial charge in [-0.05, 0) is 114 Å². The van der Waals surface area contributed by atoms with E-state index < -0.39 is 0 Å². The Balaban J connectivity index is 1.39. The largest absolute Gasteiger partial charge is 0.393 e. The Hall–Kier alpha value is -1.60. The third-order valence-corrected chi connectivity index (χ3v) is 11.6. The average molecular weight is 487 g/mol. The van der Waals surface area contributed by atoms with Gasteiger partial charge in [0.05, 0.1) is 6.10 Å². The van der Waals surface area contributed by atoms with E-state index >= 15 is 0 Å². The summed E-state index contributed by atoms with van der Waals surface area (Å²) in [6.07, 6.45) is 14.6. The summed E-state index contributed by atoms with van der Waals surface area (Å²) in [6, 6.07) is 11.0. The molecule has 1 nitrogen and oxygen atoms in total. The molecule has 4 aliphatic carbocycles. The molecule has 5 rings (SSSR count). The van der Waals surface area contributed by atoms with Gasteiger partial charge in [-0.3, -0.25) is 0 Å². The van der Waals surface area contributed by atoms with Crippen LogP contribution in [0.5, 0.6) is 0 Å². The van der Waals surface area contributed by atoms with Crippen LogP contribution >= 0.6 is 0 Å². The summed E-state index contributed by atoms with van der Waals surface area (Å²) in [5.74, 6) is 2.56. The Labute approximate surface area is 221 Å². The van der Waals surface area contributed by atoms with Crippen molar-refractivity contribution in [2.45, 2.75) is 106 Å². The minimum absolute atomic E-state index is 0.0204. The zero-order chi connectivity index (χ0) is 25.9. The molecule has 196 valence electrons. The van der Waals surface area contributed by atoms with Gasteiger partial charge in [-0.15, -0.1) is 0 Å². The van der Waals surface area contributed by atoms with Crippen LogP contribution in [0.4, 0.5) is 0 Å². The molecule has 0 aromatic heterocycles. The predicted molar refractivity (Wildman–Crippen MR) is 153 cm³/mol. The number of fused-ring (bicyclic) bond motifs is 4. The number of aliphatic hydroxyl groups is 1. The molecule has 0 bridgehead atoms. The first-order valence-electron chi connectivity index (χ1n) is 14.9. The van der Waals surface area contributed by atoms with Crippen LogP contribution in [-0.4, -0.2) is 11.2 Å². The highest BCUT2D eigenvalue weighted by Gasteiger charge is 2.57. The SMILES string of the molecule is CC(C)/C(=C\C[C@@H](C)[C@H]1CC=C2C3=C(CC[C@@]21C)[C@@]1(C)CC[C@H](O)C(C)(C)[C@@H]1CC3)c1ccccc1. The predicted octanol–water partition coefficient (Wildman–Crippen LogP) is 9.39. The molecule has 1 N–H and O–H groups in total. The fourth-order valence-electron chi connectivity index (χ4n) is 9.37. The average Bonchev–Trinajstić information content (AvgIpc) is 3.20. The zero-order valence-electron chi connectivity index (χ0n) is 24.0. The molecule has 6 atom stereocenters. The van der Waals surface area contributed by atoms with E-state index in [9.17, 15) is 5.11 Å². The number of allylic oxidation sites excluding steroid dienone is 6. The van der Waals surface area contributed by atoms with Gasteiger partial charge in [0.25, 0.3) is 0 Å². The summed E-state index contributed by atoms with van der Waals surface area (Å²) in [7, 11) is 0. The monoisotopic (exact) mass is 486 g/mol. The second-order valence-corrected chi connectivity index (χ2v) is 14.1. The van der Waals surface area contributed by atoms with E-state index in [1.165, 1.54) is 49.7 Å². The lowest BCUT2D eigenvalue weighted by Crippen LogP contribution is -2.53. The number of rotatable bonds is 5. The summed E-state index contributed by atoms with van der Waals surface area (Å²) in [5.41, 5.74) is 8.74. The van der Waals surface area contributed by atoms with Crippen LogP contribution in [0.1, 0.15) is 105 Å². The highest BCUT2D eigenvalue weighted by Crippen LogP contribution is 2.66. The lowest BCUT2D eigenvalue weighted by atomic mass is 9.46. The summed E-state index contributed by atoms with van der Waals surface area (Å²) >= 11 is 0. The second kappa shape index (κ2) is 9.30. The van der Waals surface area contributed by atoms with Crippen molar-refractivity contribution in [1.82, 2.24) is 0 Å². The third-order valence-electron chi connectivity index (χ3n) is 11.6. The first kappa shape index (κ1) is 26.0. The molecule has 0 unspecified atom stereocenters. The lowest BCUT2D eigenvalue weighted by Gasteiger charge is -2.59. The Morgan fingerprint density at radius 3 is 2.39 bits per heavy atom. The van der Waals surface area contributed by atoms with E-state index in [0.29, 0.717) is 23.2 Å². The van der Waals surface area contributed by atoms with Gasteiger partial charge in [0.1, 0.15) is 0 Å². The summed E-state index contributed by atoms with van der Waals surface area (Å²) in [5, 5.41) is 10.8. The molecular weight excluding hydrogens is 436 g/mol. The van der Waals surface area contributed by atoms with Crippen molar-refractivity contribution in [3.8, 4) is 0 Å². The van der Waals surface area contributed by atoms with Crippen molar-refractivity contribution >= 4 is 5.57 Å². The Kier molecular flexibility index (Phi) is 6.72. The van der Waals surface area contributed by atoms with E-state index in [1.54, 1.807) is 16.7 Å². The Morgan fingerprint density at radius 2 is 1.69 bits per heavy atom. The van der Waals surface area contributed by atoms with Crippen molar-refractivity contribution in [2.75, 3.05) is 0 Å². The molecule has 1 aromatic rings. The topological polar surface area (TPSA) is 20.2 Å². The summed E-state index contributed by atoms with van der Waals surface area (Å²) in [6.45, 7) is 17.0. The Bertz CT molecular complexity index is 1070. The molecule has 1 fully saturated rings. The van der Waals surface area contributed by atoms with Crippen LogP contribution in [0.3, 0.4) is 0 Å². The van der Waals surface area contributed by atoms with Gasteiger partial charge < -0.3 is 5.11 Å². The van der Waals surface area contributed by atoms with E-state index in [-0.39, 0.29) is 16.9 Å². The van der Waals surface area contributed by atoms with Gasteiger partial charge in [0.15, 0.2) is 0 Å². The van der Waals surface area contributed by atoms with E-state index in [1.807, 2.05) is 0 Å². The molecule has 0 heterocycles. The van der Waals surface area contributed by atoms with Gasteiger partial charge in [-0.25, -0.2) is 0 Å². The minimum Gasteiger partial charge on any atom is -0.393 e. The van der Waals surface area contributed by atoms with Gasteiger partial charge in [0, 0.05) is 0 Å². The lowest BCUT2D eigenvalue weighted by molar-refractivity contribution is -0.0905. The molecule has 4 aliphatic rings. The maximum Gasteiger partial charge on any atom is 0.0594 e. The van der Waals surface area contributed by atoms with Crippen LogP contribution in [0.15, 0.2) is 59.2 Å². The van der Waals surface area contributed by atoms with Crippen LogP contribution in [0.25, 0.3) is 5.57 Å². The second-order valence-electron chi connectivity index (χ2n) is 14.1. The molecule has 1 saturated carbocycles. The standard InChI is InChI=1S/C35H50O/c1-23(2)26(25-11-9-8-10-12-25)14-13-24(3)28-16-17-29-27-15-18-31-33(4,5)32(36)20-22-35(31,7)30(27)19-21-34(28,29)6/h8-12,14,17,23-24,28,31-32,36H,13,15-16,18-22H2,1-7H3/b26-14+/t24-,28-,31+,32+,34-,35-/m1/s1. The number of hydrogen-bond donors (Lipinski definition) is 1. The smallest absolute Gasteiger partial charge is 0.0594 e. The molecule has 1 heteroatoms. The molecule has 0 saturated heterocycles. The Morgan fingerprint density at radius 1 is 0.972 bits per heavy atom. The van der Waals surface area contributed by atoms with E-state index in [0.717, 1.165) is 18.8 Å². The van der Waals surface area contributed by atoms with E-state index in [4.69, 9.17) is 0 Å². The van der Waals surface area contributed by atoms with Crippen molar-refractivity contribution in [2.24, 2.45) is 39.9 Å². The van der Waals surface area contributed by atoms with Crippen LogP contribution < -0.4 is 0 Å². The molecular formula is C35H50O. The normalized spacial score (nSPS) is 36.8. The molecule has 1 aromatic carbocycles. The number of aliphatic hydroxyl groups excluding tert-OH is 1. The van der Waals surface area contributed by atoms with Gasteiger partial charge in [-0.2, -0.15) is 0 Å². The maximum absolute atomic E-state index is 10.8. The zero-order valence-corrected chi connectivity index (χ0v) is 24.0. The first-order valence-corrected chi connectivity index (χ1v) is 14.9.